The Morgan fingerprint density at radius 2 is 2.12 bits per heavy atom. The third-order valence-corrected chi connectivity index (χ3v) is 6.21. The Morgan fingerprint density at radius 1 is 1.27 bits per heavy atom. The van der Waals surface area contributed by atoms with Crippen molar-refractivity contribution in [1.82, 2.24) is 10.3 Å². The molecule has 0 bridgehead atoms. The second kappa shape index (κ2) is 7.65. The van der Waals surface area contributed by atoms with Crippen molar-refractivity contribution in [3.63, 3.8) is 0 Å². The predicted octanol–water partition coefficient (Wildman–Crippen LogP) is 4.32. The van der Waals surface area contributed by atoms with E-state index in [1.807, 2.05) is 19.1 Å². The van der Waals surface area contributed by atoms with Gasteiger partial charge < -0.3 is 19.5 Å². The van der Waals surface area contributed by atoms with Crippen LogP contribution >= 0.6 is 22.7 Å². The van der Waals surface area contributed by atoms with Crippen LogP contribution in [0, 0.1) is 6.92 Å². The minimum atomic E-state index is 0.155. The molecule has 26 heavy (non-hydrogen) atoms. The third-order valence-electron chi connectivity index (χ3n) is 4.23. The molecule has 3 aromatic rings. The number of fused-ring (bicyclic) bond motifs is 1. The molecular formula is C19H20N2O3S2. The van der Waals surface area contributed by atoms with E-state index in [9.17, 15) is 0 Å². The summed E-state index contributed by atoms with van der Waals surface area (Å²) in [7, 11) is 1.67. The molecule has 5 nitrogen and oxygen atoms in total. The number of aromatic nitrogens is 1. The quantitative estimate of drug-likeness (QED) is 0.653. The number of nitrogens with one attached hydrogen (secondary N) is 1. The number of aryl methyl sites for hydroxylation is 1. The monoisotopic (exact) mass is 388 g/mol. The summed E-state index contributed by atoms with van der Waals surface area (Å²) >= 11 is 3.47. The molecule has 0 amide bonds. The molecule has 0 fully saturated rings. The first kappa shape index (κ1) is 17.3. The molecule has 4 rings (SSSR count). The van der Waals surface area contributed by atoms with Gasteiger partial charge in [-0.25, -0.2) is 4.98 Å². The number of nitrogens with zero attached hydrogens (tertiary/aromatic N) is 1. The van der Waals surface area contributed by atoms with Gasteiger partial charge in [-0.15, -0.1) is 22.7 Å². The normalized spacial score (nSPS) is 13.8. The summed E-state index contributed by atoms with van der Waals surface area (Å²) in [5, 5.41) is 8.96. The number of ether oxygens (including phenoxy) is 3. The van der Waals surface area contributed by atoms with Gasteiger partial charge in [0.05, 0.1) is 13.2 Å². The summed E-state index contributed by atoms with van der Waals surface area (Å²) < 4.78 is 16.5. The summed E-state index contributed by atoms with van der Waals surface area (Å²) in [5.41, 5.74) is 2.10. The number of benzene rings is 1. The highest BCUT2D eigenvalue weighted by Crippen LogP contribution is 2.38. The van der Waals surface area contributed by atoms with Crippen LogP contribution in [-0.2, 0) is 13.0 Å². The van der Waals surface area contributed by atoms with Gasteiger partial charge in [-0.1, -0.05) is 6.07 Å². The summed E-state index contributed by atoms with van der Waals surface area (Å²) in [6.45, 7) is 2.95. The summed E-state index contributed by atoms with van der Waals surface area (Å²) in [6.07, 6.45) is 0.914. The van der Waals surface area contributed by atoms with E-state index in [0.717, 1.165) is 39.9 Å². The molecule has 1 aliphatic rings. The average Bonchev–Trinajstić information content (AvgIpc) is 3.39. The molecular weight excluding hydrogens is 368 g/mol. The predicted molar refractivity (Wildman–Crippen MR) is 104 cm³/mol. The fraction of sp³-hybridized carbons (Fsp3) is 0.316. The fourth-order valence-electron chi connectivity index (χ4n) is 2.94. The van der Waals surface area contributed by atoms with E-state index < -0.39 is 0 Å². The van der Waals surface area contributed by atoms with Crippen LogP contribution in [0.2, 0.25) is 0 Å². The van der Waals surface area contributed by atoms with Gasteiger partial charge in [0.15, 0.2) is 11.5 Å². The van der Waals surface area contributed by atoms with Gasteiger partial charge in [0.25, 0.3) is 0 Å². The lowest BCUT2D eigenvalue weighted by atomic mass is 10.1. The molecule has 1 atom stereocenters. The fourth-order valence-corrected chi connectivity index (χ4v) is 4.56. The standard InChI is InChI=1S/C19H20N2O3S2/c1-12-10-26-19(21-12)15(7-14-4-3-5-25-14)20-9-13-6-17-18(24-11-23-17)8-16(13)22-2/h3-6,8,10,15,20H,7,9,11H2,1-2H3. The molecule has 1 unspecified atom stereocenters. The summed E-state index contributed by atoms with van der Waals surface area (Å²) in [6, 6.07) is 8.29. The summed E-state index contributed by atoms with van der Waals surface area (Å²) in [4.78, 5) is 6.03. The second-order valence-corrected chi connectivity index (χ2v) is 7.98. The Balaban J connectivity index is 1.54. The maximum Gasteiger partial charge on any atom is 0.231 e. The highest BCUT2D eigenvalue weighted by atomic mass is 32.1. The first-order valence-corrected chi connectivity index (χ1v) is 10.1. The largest absolute Gasteiger partial charge is 0.496 e. The smallest absolute Gasteiger partial charge is 0.231 e. The summed E-state index contributed by atoms with van der Waals surface area (Å²) in [5.74, 6) is 2.30. The average molecular weight is 389 g/mol. The number of hydrogen-bond acceptors (Lipinski definition) is 7. The lowest BCUT2D eigenvalue weighted by Gasteiger charge is -2.17. The topological polar surface area (TPSA) is 52.6 Å². The van der Waals surface area contributed by atoms with Crippen molar-refractivity contribution in [2.75, 3.05) is 13.9 Å². The van der Waals surface area contributed by atoms with E-state index in [0.29, 0.717) is 6.54 Å². The van der Waals surface area contributed by atoms with Gasteiger partial charge >= 0.3 is 0 Å². The molecule has 0 saturated heterocycles. The number of rotatable bonds is 7. The van der Waals surface area contributed by atoms with Crippen molar-refractivity contribution in [2.45, 2.75) is 25.9 Å². The molecule has 1 aromatic carbocycles. The lowest BCUT2D eigenvalue weighted by molar-refractivity contribution is 0.174. The zero-order valence-electron chi connectivity index (χ0n) is 14.7. The Morgan fingerprint density at radius 3 is 2.81 bits per heavy atom. The maximum absolute atomic E-state index is 5.53. The zero-order chi connectivity index (χ0) is 17.9. The van der Waals surface area contributed by atoms with Crippen molar-refractivity contribution < 1.29 is 14.2 Å². The van der Waals surface area contributed by atoms with Gasteiger partial charge in [-0.05, 0) is 24.4 Å². The van der Waals surface area contributed by atoms with Crippen LogP contribution in [0.3, 0.4) is 0 Å². The van der Waals surface area contributed by atoms with Gasteiger partial charge in [0.2, 0.25) is 6.79 Å². The molecule has 0 spiro atoms. The van der Waals surface area contributed by atoms with Crippen molar-refractivity contribution >= 4 is 22.7 Å². The van der Waals surface area contributed by atoms with Crippen molar-refractivity contribution in [3.8, 4) is 17.2 Å². The first-order chi connectivity index (χ1) is 12.7. The van der Waals surface area contributed by atoms with Crippen molar-refractivity contribution in [3.05, 3.63) is 56.2 Å². The van der Waals surface area contributed by atoms with E-state index in [4.69, 9.17) is 14.2 Å². The van der Waals surface area contributed by atoms with E-state index in [1.54, 1.807) is 29.8 Å². The molecule has 7 heteroatoms. The highest BCUT2D eigenvalue weighted by Gasteiger charge is 2.20. The molecule has 0 radical (unpaired) electrons. The van der Waals surface area contributed by atoms with Crippen LogP contribution in [0.4, 0.5) is 0 Å². The highest BCUT2D eigenvalue weighted by molar-refractivity contribution is 7.10. The zero-order valence-corrected chi connectivity index (χ0v) is 16.3. The Bertz CT molecular complexity index is 877. The SMILES string of the molecule is COc1cc2c(cc1CNC(Cc1cccs1)c1nc(C)cs1)OCO2. The van der Waals surface area contributed by atoms with Crippen molar-refractivity contribution in [1.29, 1.82) is 0 Å². The number of thiophene rings is 1. The maximum atomic E-state index is 5.53. The van der Waals surface area contributed by atoms with E-state index >= 15 is 0 Å². The van der Waals surface area contributed by atoms with Crippen LogP contribution in [0.25, 0.3) is 0 Å². The Kier molecular flexibility index (Phi) is 5.10. The van der Waals surface area contributed by atoms with Gasteiger partial charge in [-0.2, -0.15) is 0 Å². The first-order valence-electron chi connectivity index (χ1n) is 8.37. The molecule has 0 aliphatic carbocycles. The Labute approximate surface area is 160 Å². The van der Waals surface area contributed by atoms with Crippen LogP contribution in [0.1, 0.15) is 27.2 Å². The number of thiazole rings is 1. The number of methoxy groups -OCH3 is 1. The van der Waals surface area contributed by atoms with Crippen LogP contribution in [-0.4, -0.2) is 18.9 Å². The van der Waals surface area contributed by atoms with Crippen LogP contribution < -0.4 is 19.5 Å². The van der Waals surface area contributed by atoms with E-state index in [-0.39, 0.29) is 12.8 Å². The van der Waals surface area contributed by atoms with Crippen LogP contribution in [0.15, 0.2) is 35.0 Å². The number of hydrogen-bond donors (Lipinski definition) is 1. The Hall–Kier alpha value is -2.09. The van der Waals surface area contributed by atoms with Gasteiger partial charge in [0.1, 0.15) is 10.8 Å². The molecule has 136 valence electrons. The molecule has 3 heterocycles. The van der Waals surface area contributed by atoms with Gasteiger partial charge in [-0.3, -0.25) is 0 Å². The van der Waals surface area contributed by atoms with E-state index in [1.165, 1.54) is 4.88 Å². The van der Waals surface area contributed by atoms with E-state index in [2.05, 4.69) is 33.2 Å². The van der Waals surface area contributed by atoms with Crippen LogP contribution in [0.5, 0.6) is 17.2 Å². The lowest BCUT2D eigenvalue weighted by Crippen LogP contribution is -2.23. The third kappa shape index (κ3) is 3.70. The van der Waals surface area contributed by atoms with Crippen molar-refractivity contribution in [2.24, 2.45) is 0 Å². The second-order valence-electron chi connectivity index (χ2n) is 6.06. The minimum absolute atomic E-state index is 0.155. The van der Waals surface area contributed by atoms with Gasteiger partial charge in [0, 0.05) is 40.5 Å². The molecule has 0 saturated carbocycles. The minimum Gasteiger partial charge on any atom is -0.496 e. The molecule has 1 aliphatic heterocycles. The molecule has 2 aromatic heterocycles. The molecule has 1 N–H and O–H groups in total.